The standard InChI is InChI=1S/C15H20N4O4/c1-18(2)15-16-12(23-17-15)9-5-7-19(8-6-9)13(20)10-3-4-11(10)14(21)22/h3-4,9-11H,5-8H2,1-2H3,(H,21,22)/t10-,11+/m1/s1. The van der Waals surface area contributed by atoms with E-state index in [1.165, 1.54) is 0 Å². The van der Waals surface area contributed by atoms with Crippen molar-refractivity contribution in [3.05, 3.63) is 18.0 Å². The van der Waals surface area contributed by atoms with Crippen molar-refractivity contribution in [2.24, 2.45) is 11.8 Å². The number of hydrogen-bond donors (Lipinski definition) is 1. The molecule has 1 aliphatic carbocycles. The Labute approximate surface area is 133 Å². The van der Waals surface area contributed by atoms with Gasteiger partial charge in [-0.2, -0.15) is 4.98 Å². The van der Waals surface area contributed by atoms with Gasteiger partial charge in [0.25, 0.3) is 5.95 Å². The number of hydrogen-bond acceptors (Lipinski definition) is 6. The fourth-order valence-corrected chi connectivity index (χ4v) is 2.94. The third-order valence-corrected chi connectivity index (χ3v) is 4.47. The number of aliphatic carboxylic acids is 1. The van der Waals surface area contributed by atoms with Crippen molar-refractivity contribution in [1.29, 1.82) is 0 Å². The zero-order valence-corrected chi connectivity index (χ0v) is 13.2. The Bertz CT molecular complexity index is 631. The van der Waals surface area contributed by atoms with Crippen LogP contribution in [0.2, 0.25) is 0 Å². The predicted octanol–water partition coefficient (Wildman–Crippen LogP) is 0.728. The zero-order chi connectivity index (χ0) is 16.6. The van der Waals surface area contributed by atoms with E-state index in [1.54, 1.807) is 22.0 Å². The Morgan fingerprint density at radius 2 is 1.91 bits per heavy atom. The average Bonchev–Trinajstić information content (AvgIpc) is 2.95. The first-order chi connectivity index (χ1) is 11.0. The molecule has 0 spiro atoms. The van der Waals surface area contributed by atoms with Gasteiger partial charge in [0, 0.05) is 33.1 Å². The highest BCUT2D eigenvalue weighted by molar-refractivity contribution is 5.89. The Kier molecular flexibility index (Phi) is 4.06. The maximum absolute atomic E-state index is 12.4. The molecule has 0 bridgehead atoms. The molecule has 3 rings (SSSR count). The largest absolute Gasteiger partial charge is 0.481 e. The number of likely N-dealkylation sites (tertiary alicyclic amines) is 1. The number of carbonyl (C=O) groups is 2. The van der Waals surface area contributed by atoms with E-state index in [2.05, 4.69) is 10.1 Å². The number of carbonyl (C=O) groups excluding carboxylic acids is 1. The Morgan fingerprint density at radius 1 is 1.26 bits per heavy atom. The number of amides is 1. The van der Waals surface area contributed by atoms with E-state index in [-0.39, 0.29) is 11.8 Å². The monoisotopic (exact) mass is 320 g/mol. The van der Waals surface area contributed by atoms with E-state index < -0.39 is 17.8 Å². The Balaban J connectivity index is 1.57. The molecule has 0 saturated carbocycles. The highest BCUT2D eigenvalue weighted by atomic mass is 16.5. The third-order valence-electron chi connectivity index (χ3n) is 4.47. The van der Waals surface area contributed by atoms with E-state index >= 15 is 0 Å². The minimum atomic E-state index is -0.942. The number of anilines is 1. The van der Waals surface area contributed by atoms with Crippen molar-refractivity contribution in [2.45, 2.75) is 18.8 Å². The molecule has 23 heavy (non-hydrogen) atoms. The van der Waals surface area contributed by atoms with Crippen molar-refractivity contribution in [2.75, 3.05) is 32.1 Å². The SMILES string of the molecule is CN(C)c1noc(C2CCN(C(=O)[C@@H]3C=C[C@@H]3C(=O)O)CC2)n1. The van der Waals surface area contributed by atoms with Crippen molar-refractivity contribution < 1.29 is 19.2 Å². The minimum Gasteiger partial charge on any atom is -0.481 e. The van der Waals surface area contributed by atoms with E-state index in [1.807, 2.05) is 14.1 Å². The highest BCUT2D eigenvalue weighted by Gasteiger charge is 2.39. The Hall–Kier alpha value is -2.38. The summed E-state index contributed by atoms with van der Waals surface area (Å²) in [5.74, 6) is -0.949. The number of nitrogens with zero attached hydrogens (tertiary/aromatic N) is 4. The summed E-state index contributed by atoms with van der Waals surface area (Å²) in [6.45, 7) is 1.17. The highest BCUT2D eigenvalue weighted by Crippen LogP contribution is 2.32. The molecule has 1 amide bonds. The fraction of sp³-hybridized carbons (Fsp3) is 0.600. The summed E-state index contributed by atoms with van der Waals surface area (Å²) in [5.41, 5.74) is 0. The molecule has 0 aromatic carbocycles. The van der Waals surface area contributed by atoms with E-state index in [0.717, 1.165) is 12.8 Å². The van der Waals surface area contributed by atoms with Crippen molar-refractivity contribution >= 4 is 17.8 Å². The van der Waals surface area contributed by atoms with Crippen LogP contribution in [0.5, 0.6) is 0 Å². The van der Waals surface area contributed by atoms with Crippen LogP contribution >= 0.6 is 0 Å². The summed E-state index contributed by atoms with van der Waals surface area (Å²) in [7, 11) is 3.70. The lowest BCUT2D eigenvalue weighted by Gasteiger charge is -2.35. The quantitative estimate of drug-likeness (QED) is 0.816. The van der Waals surface area contributed by atoms with Gasteiger partial charge in [0.05, 0.1) is 11.8 Å². The first-order valence-corrected chi connectivity index (χ1v) is 7.68. The normalized spacial score (nSPS) is 24.3. The molecule has 1 aromatic heterocycles. The molecular weight excluding hydrogens is 300 g/mol. The summed E-state index contributed by atoms with van der Waals surface area (Å²) in [6, 6.07) is 0. The van der Waals surface area contributed by atoms with Crippen LogP contribution in [0.15, 0.2) is 16.7 Å². The molecule has 1 aromatic rings. The molecule has 0 radical (unpaired) electrons. The van der Waals surface area contributed by atoms with Crippen LogP contribution in [0.3, 0.4) is 0 Å². The van der Waals surface area contributed by atoms with Crippen molar-refractivity contribution in [3.8, 4) is 0 Å². The van der Waals surface area contributed by atoms with Crippen LogP contribution in [-0.2, 0) is 9.59 Å². The number of carboxylic acid groups (broad SMARTS) is 1. The molecule has 2 heterocycles. The lowest BCUT2D eigenvalue weighted by atomic mass is 9.80. The molecule has 1 N–H and O–H groups in total. The van der Waals surface area contributed by atoms with E-state index in [0.29, 0.717) is 24.9 Å². The number of aromatic nitrogens is 2. The van der Waals surface area contributed by atoms with Gasteiger partial charge in [0.15, 0.2) is 0 Å². The van der Waals surface area contributed by atoms with Gasteiger partial charge in [-0.25, -0.2) is 0 Å². The van der Waals surface area contributed by atoms with Gasteiger partial charge in [-0.3, -0.25) is 9.59 Å². The summed E-state index contributed by atoms with van der Waals surface area (Å²) < 4.78 is 5.29. The van der Waals surface area contributed by atoms with Crippen molar-refractivity contribution in [3.63, 3.8) is 0 Å². The number of rotatable bonds is 4. The molecule has 8 nitrogen and oxygen atoms in total. The number of piperidine rings is 1. The molecule has 1 fully saturated rings. The van der Waals surface area contributed by atoms with Crippen LogP contribution in [0, 0.1) is 11.8 Å². The van der Waals surface area contributed by atoms with Gasteiger partial charge >= 0.3 is 5.97 Å². The van der Waals surface area contributed by atoms with Gasteiger partial charge in [-0.15, -0.1) is 0 Å². The van der Waals surface area contributed by atoms with Gasteiger partial charge in [0.2, 0.25) is 11.8 Å². The third kappa shape index (κ3) is 2.93. The van der Waals surface area contributed by atoms with E-state index in [9.17, 15) is 9.59 Å². The first-order valence-electron chi connectivity index (χ1n) is 7.68. The van der Waals surface area contributed by atoms with Crippen molar-refractivity contribution in [1.82, 2.24) is 15.0 Å². The molecule has 8 heteroatoms. The van der Waals surface area contributed by atoms with Gasteiger partial charge < -0.3 is 19.4 Å². The molecule has 1 aliphatic heterocycles. The second kappa shape index (κ2) is 6.02. The topological polar surface area (TPSA) is 99.8 Å². The van der Waals surface area contributed by atoms with Gasteiger partial charge in [-0.05, 0) is 18.0 Å². The smallest absolute Gasteiger partial charge is 0.311 e. The average molecular weight is 320 g/mol. The second-order valence-electron chi connectivity index (χ2n) is 6.20. The maximum Gasteiger partial charge on any atom is 0.311 e. The van der Waals surface area contributed by atoms with Gasteiger partial charge in [0.1, 0.15) is 0 Å². The van der Waals surface area contributed by atoms with Crippen LogP contribution < -0.4 is 4.90 Å². The van der Waals surface area contributed by atoms with Crippen LogP contribution in [0.1, 0.15) is 24.7 Å². The minimum absolute atomic E-state index is 0.0992. The van der Waals surface area contributed by atoms with E-state index in [4.69, 9.17) is 9.63 Å². The summed E-state index contributed by atoms with van der Waals surface area (Å²) in [4.78, 5) is 31.3. The van der Waals surface area contributed by atoms with Crippen LogP contribution in [0.4, 0.5) is 5.95 Å². The molecular formula is C15H20N4O4. The molecule has 2 aliphatic rings. The summed E-state index contributed by atoms with van der Waals surface area (Å²) in [5, 5.41) is 12.9. The summed E-state index contributed by atoms with van der Waals surface area (Å²) in [6.07, 6.45) is 4.73. The van der Waals surface area contributed by atoms with Gasteiger partial charge in [-0.1, -0.05) is 12.2 Å². The Morgan fingerprint density at radius 3 is 2.39 bits per heavy atom. The zero-order valence-electron chi connectivity index (χ0n) is 13.2. The predicted molar refractivity (Wildman–Crippen MR) is 80.9 cm³/mol. The molecule has 0 unspecified atom stereocenters. The molecule has 2 atom stereocenters. The fourth-order valence-electron chi connectivity index (χ4n) is 2.94. The maximum atomic E-state index is 12.4. The summed E-state index contributed by atoms with van der Waals surface area (Å²) >= 11 is 0. The molecule has 124 valence electrons. The first kappa shape index (κ1) is 15.5. The second-order valence-corrected chi connectivity index (χ2v) is 6.20. The van der Waals surface area contributed by atoms with Crippen LogP contribution in [0.25, 0.3) is 0 Å². The lowest BCUT2D eigenvalue weighted by molar-refractivity contribution is -0.148. The lowest BCUT2D eigenvalue weighted by Crippen LogP contribution is -2.46. The van der Waals surface area contributed by atoms with Crippen LogP contribution in [-0.4, -0.2) is 59.2 Å². The molecule has 1 saturated heterocycles. The number of carboxylic acids is 1.